The van der Waals surface area contributed by atoms with E-state index in [1.165, 1.54) is 12.8 Å². The van der Waals surface area contributed by atoms with Gasteiger partial charge in [0, 0.05) is 45.9 Å². The first kappa shape index (κ1) is 20.1. The van der Waals surface area contributed by atoms with Gasteiger partial charge in [-0.25, -0.2) is 24.3 Å². The van der Waals surface area contributed by atoms with Gasteiger partial charge < -0.3 is 35.1 Å². The molecule has 4 rings (SSSR count). The second kappa shape index (κ2) is 17.2. The van der Waals surface area contributed by atoms with Crippen molar-refractivity contribution in [2.45, 2.75) is 12.8 Å². The molecular weight excluding hydrogens is 333 g/mol. The third-order valence-corrected chi connectivity index (χ3v) is 2.49. The van der Waals surface area contributed by atoms with Gasteiger partial charge in [0.2, 0.25) is 0 Å². The molecule has 115 valence electrons. The van der Waals surface area contributed by atoms with Crippen LogP contribution in [0.25, 0.3) is 0 Å². The van der Waals surface area contributed by atoms with E-state index in [1.54, 1.807) is 0 Å². The fourth-order valence-corrected chi connectivity index (χ4v) is 1.47. The van der Waals surface area contributed by atoms with E-state index >= 15 is 0 Å². The molecule has 0 atom stereocenters. The summed E-state index contributed by atoms with van der Waals surface area (Å²) >= 11 is 0. The SMILES string of the molecule is C1CCOC1.[Y].[cH-]1[cH-][cH-][cH-][cH-]1.c1cc[cH-]c1.c1cc[cH-]c1. The molecule has 2 heteroatoms. The molecule has 0 amide bonds. The summed E-state index contributed by atoms with van der Waals surface area (Å²) in [6.45, 7) is 2.00. The van der Waals surface area contributed by atoms with E-state index in [-0.39, 0.29) is 32.7 Å². The van der Waals surface area contributed by atoms with Crippen molar-refractivity contribution in [1.29, 1.82) is 0 Å². The normalized spacial score (nSPS) is 11.4. The molecule has 0 saturated carbocycles. The summed E-state index contributed by atoms with van der Waals surface area (Å²) in [5, 5.41) is 0. The molecule has 3 aromatic carbocycles. The molecule has 1 nitrogen and oxygen atoms in total. The van der Waals surface area contributed by atoms with Crippen molar-refractivity contribution in [3.63, 3.8) is 0 Å². The van der Waals surface area contributed by atoms with Crippen molar-refractivity contribution in [3.05, 3.63) is 91.0 Å². The number of ether oxygens (including phenoxy) is 1. The van der Waals surface area contributed by atoms with E-state index in [2.05, 4.69) is 0 Å². The van der Waals surface area contributed by atoms with Gasteiger partial charge in [0.25, 0.3) is 0 Å². The van der Waals surface area contributed by atoms with Crippen LogP contribution >= 0.6 is 0 Å². The standard InChI is InChI=1S/3C5H5.C4H8O.Y/c4*1-2-4-5-3-1;/h3*1-5H;1-4H2;/q-5;2*-1;;. The smallest absolute Gasteiger partial charge is 0.0466 e. The molecular formula is C19H23OY-7. The quantitative estimate of drug-likeness (QED) is 0.515. The van der Waals surface area contributed by atoms with Gasteiger partial charge in [0.15, 0.2) is 0 Å². The summed E-state index contributed by atoms with van der Waals surface area (Å²) < 4.78 is 4.94. The monoisotopic (exact) mass is 356 g/mol. The molecule has 0 spiro atoms. The Kier molecular flexibility index (Phi) is 16.4. The summed E-state index contributed by atoms with van der Waals surface area (Å²) in [6, 6.07) is 30.0. The van der Waals surface area contributed by atoms with Crippen molar-refractivity contribution in [1.82, 2.24) is 0 Å². The maximum absolute atomic E-state index is 4.94. The maximum Gasteiger partial charge on any atom is 0.0466 e. The van der Waals surface area contributed by atoms with Crippen LogP contribution in [0, 0.1) is 0 Å². The van der Waals surface area contributed by atoms with Crippen molar-refractivity contribution in [2.24, 2.45) is 0 Å². The first-order valence-electron chi connectivity index (χ1n) is 7.08. The van der Waals surface area contributed by atoms with E-state index in [0.717, 1.165) is 13.2 Å². The summed E-state index contributed by atoms with van der Waals surface area (Å²) in [4.78, 5) is 0. The minimum atomic E-state index is 0. The van der Waals surface area contributed by atoms with Crippen LogP contribution in [0.4, 0.5) is 0 Å². The van der Waals surface area contributed by atoms with Crippen LogP contribution in [0.15, 0.2) is 91.0 Å². The minimum absolute atomic E-state index is 0. The van der Waals surface area contributed by atoms with Gasteiger partial charge in [-0.1, -0.05) is 0 Å². The van der Waals surface area contributed by atoms with Gasteiger partial charge >= 0.3 is 0 Å². The van der Waals surface area contributed by atoms with Crippen molar-refractivity contribution >= 4 is 0 Å². The van der Waals surface area contributed by atoms with Crippen molar-refractivity contribution in [3.8, 4) is 0 Å². The first-order chi connectivity index (χ1) is 10.0. The number of rotatable bonds is 0. The van der Waals surface area contributed by atoms with E-state index in [1.807, 2.05) is 91.0 Å². The predicted molar refractivity (Wildman–Crippen MR) is 86.2 cm³/mol. The molecule has 3 aromatic rings. The third-order valence-electron chi connectivity index (χ3n) is 2.49. The van der Waals surface area contributed by atoms with E-state index in [9.17, 15) is 0 Å². The molecule has 0 aliphatic carbocycles. The van der Waals surface area contributed by atoms with Crippen LogP contribution in [0.3, 0.4) is 0 Å². The van der Waals surface area contributed by atoms with Crippen molar-refractivity contribution < 1.29 is 37.4 Å². The summed E-state index contributed by atoms with van der Waals surface area (Å²) in [7, 11) is 0. The summed E-state index contributed by atoms with van der Waals surface area (Å²) in [6.07, 6.45) is 2.56. The minimum Gasteiger partial charge on any atom is -0.748 e. The Bertz CT molecular complexity index is 300. The Morgan fingerprint density at radius 3 is 1.05 bits per heavy atom. The second-order valence-electron chi connectivity index (χ2n) is 4.21. The zero-order chi connectivity index (χ0) is 14.1. The van der Waals surface area contributed by atoms with Gasteiger partial charge in [-0.15, -0.1) is 0 Å². The summed E-state index contributed by atoms with van der Waals surface area (Å²) in [5.41, 5.74) is 0. The van der Waals surface area contributed by atoms with Crippen LogP contribution in [0.5, 0.6) is 0 Å². The van der Waals surface area contributed by atoms with E-state index < -0.39 is 0 Å². The zero-order valence-electron chi connectivity index (χ0n) is 12.5. The molecule has 0 bridgehead atoms. The molecule has 0 unspecified atom stereocenters. The van der Waals surface area contributed by atoms with Gasteiger partial charge in [-0.2, -0.15) is 36.4 Å². The molecule has 0 N–H and O–H groups in total. The van der Waals surface area contributed by atoms with Gasteiger partial charge in [0.05, 0.1) is 0 Å². The molecule has 1 fully saturated rings. The molecule has 21 heavy (non-hydrogen) atoms. The molecule has 1 aliphatic rings. The average Bonchev–Trinajstić information content (AvgIpc) is 3.40. The first-order valence-corrected chi connectivity index (χ1v) is 7.08. The molecule has 1 aliphatic heterocycles. The van der Waals surface area contributed by atoms with Crippen molar-refractivity contribution in [2.75, 3.05) is 13.2 Å². The van der Waals surface area contributed by atoms with Gasteiger partial charge in [0.1, 0.15) is 0 Å². The maximum atomic E-state index is 4.94. The zero-order valence-corrected chi connectivity index (χ0v) is 15.3. The van der Waals surface area contributed by atoms with Crippen LogP contribution in [-0.4, -0.2) is 13.2 Å². The number of hydrogen-bond acceptors (Lipinski definition) is 1. The Labute approximate surface area is 153 Å². The Morgan fingerprint density at radius 1 is 0.571 bits per heavy atom. The van der Waals surface area contributed by atoms with Gasteiger partial charge in [-0.3, -0.25) is 0 Å². The Morgan fingerprint density at radius 2 is 0.905 bits per heavy atom. The molecule has 0 aromatic heterocycles. The summed E-state index contributed by atoms with van der Waals surface area (Å²) in [5.74, 6) is 0. The topological polar surface area (TPSA) is 9.23 Å². The fourth-order valence-electron chi connectivity index (χ4n) is 1.47. The van der Waals surface area contributed by atoms with E-state index in [4.69, 9.17) is 4.74 Å². The van der Waals surface area contributed by atoms with E-state index in [0.29, 0.717) is 0 Å². The fraction of sp³-hybridized carbons (Fsp3) is 0.211. The number of hydrogen-bond donors (Lipinski definition) is 0. The molecule has 1 radical (unpaired) electrons. The Balaban J connectivity index is 0.000000250. The molecule has 1 heterocycles. The molecule has 1 saturated heterocycles. The largest absolute Gasteiger partial charge is 0.748 e. The Hall–Kier alpha value is -0.886. The second-order valence-corrected chi connectivity index (χ2v) is 4.21. The van der Waals surface area contributed by atoms with Crippen LogP contribution in [0.1, 0.15) is 12.8 Å². The third kappa shape index (κ3) is 15.3. The van der Waals surface area contributed by atoms with Crippen LogP contribution in [0.2, 0.25) is 0 Å². The average molecular weight is 356 g/mol. The van der Waals surface area contributed by atoms with Crippen LogP contribution < -0.4 is 0 Å². The predicted octanol–water partition coefficient (Wildman–Crippen LogP) is 5.01. The van der Waals surface area contributed by atoms with Crippen LogP contribution in [-0.2, 0) is 37.4 Å². The van der Waals surface area contributed by atoms with Gasteiger partial charge in [-0.05, 0) is 12.8 Å².